The van der Waals surface area contributed by atoms with E-state index in [1.165, 1.54) is 10.6 Å². The maximum Gasteiger partial charge on any atom is 0.232 e. The summed E-state index contributed by atoms with van der Waals surface area (Å²) in [5, 5.41) is 1.16. The number of piperidine rings is 1. The van der Waals surface area contributed by atoms with E-state index in [9.17, 15) is 0 Å². The standard InChI is InChI=1S/C15H20N4OS/c1-11-14(21-12(2)18-11)10-19-7-3-13(4-8-19)20-15-9-16-5-6-17-15/h5-6,9,13H,3-4,7-8,10H2,1-2H3. The van der Waals surface area contributed by atoms with Crippen LogP contribution in [0.25, 0.3) is 0 Å². The first-order valence-corrected chi connectivity index (χ1v) is 8.10. The van der Waals surface area contributed by atoms with Crippen LogP contribution in [-0.4, -0.2) is 39.0 Å². The lowest BCUT2D eigenvalue weighted by Crippen LogP contribution is -2.37. The summed E-state index contributed by atoms with van der Waals surface area (Å²) in [7, 11) is 0. The lowest BCUT2D eigenvalue weighted by Gasteiger charge is -2.31. The Labute approximate surface area is 129 Å². The summed E-state index contributed by atoms with van der Waals surface area (Å²) in [6, 6.07) is 0. The summed E-state index contributed by atoms with van der Waals surface area (Å²) >= 11 is 1.81. The minimum Gasteiger partial charge on any atom is -0.473 e. The molecule has 6 heteroatoms. The van der Waals surface area contributed by atoms with Gasteiger partial charge in [-0.05, 0) is 26.7 Å². The number of hydrogen-bond donors (Lipinski definition) is 0. The van der Waals surface area contributed by atoms with Gasteiger partial charge in [0.15, 0.2) is 0 Å². The average Bonchev–Trinajstić information content (AvgIpc) is 2.80. The number of aromatic nitrogens is 3. The summed E-state index contributed by atoms with van der Waals surface area (Å²) in [4.78, 5) is 16.6. The van der Waals surface area contributed by atoms with E-state index in [0.29, 0.717) is 5.88 Å². The minimum atomic E-state index is 0.252. The molecule has 1 aliphatic rings. The van der Waals surface area contributed by atoms with Crippen LogP contribution >= 0.6 is 11.3 Å². The molecule has 2 aromatic rings. The number of nitrogens with zero attached hydrogens (tertiary/aromatic N) is 4. The molecule has 0 bridgehead atoms. The van der Waals surface area contributed by atoms with E-state index >= 15 is 0 Å². The third-order valence-electron chi connectivity index (χ3n) is 3.73. The molecule has 0 atom stereocenters. The predicted molar refractivity (Wildman–Crippen MR) is 82.5 cm³/mol. The van der Waals surface area contributed by atoms with Crippen LogP contribution in [0, 0.1) is 13.8 Å². The largest absolute Gasteiger partial charge is 0.473 e. The predicted octanol–water partition coefficient (Wildman–Crippen LogP) is 2.59. The Morgan fingerprint density at radius 2 is 2.10 bits per heavy atom. The Kier molecular flexibility index (Phi) is 4.45. The van der Waals surface area contributed by atoms with Crippen LogP contribution in [0.5, 0.6) is 5.88 Å². The van der Waals surface area contributed by atoms with Crippen molar-refractivity contribution < 1.29 is 4.74 Å². The zero-order valence-corrected chi connectivity index (χ0v) is 13.3. The van der Waals surface area contributed by atoms with Gasteiger partial charge < -0.3 is 4.74 Å². The van der Waals surface area contributed by atoms with Gasteiger partial charge >= 0.3 is 0 Å². The van der Waals surface area contributed by atoms with Crippen molar-refractivity contribution in [1.82, 2.24) is 19.9 Å². The van der Waals surface area contributed by atoms with E-state index in [1.54, 1.807) is 18.6 Å². The maximum absolute atomic E-state index is 5.87. The lowest BCUT2D eigenvalue weighted by molar-refractivity contribution is 0.0933. The second-order valence-electron chi connectivity index (χ2n) is 5.38. The normalized spacial score (nSPS) is 17.0. The third kappa shape index (κ3) is 3.77. The van der Waals surface area contributed by atoms with E-state index in [4.69, 9.17) is 4.74 Å². The highest BCUT2D eigenvalue weighted by Crippen LogP contribution is 2.22. The van der Waals surface area contributed by atoms with Gasteiger partial charge in [0, 0.05) is 36.9 Å². The first kappa shape index (κ1) is 14.4. The first-order valence-electron chi connectivity index (χ1n) is 7.28. The quantitative estimate of drug-likeness (QED) is 0.869. The fourth-order valence-electron chi connectivity index (χ4n) is 2.63. The molecule has 0 saturated carbocycles. The monoisotopic (exact) mass is 304 g/mol. The highest BCUT2D eigenvalue weighted by atomic mass is 32.1. The SMILES string of the molecule is Cc1nc(C)c(CN2CCC(Oc3cnccn3)CC2)s1. The second kappa shape index (κ2) is 6.49. The second-order valence-corrected chi connectivity index (χ2v) is 6.67. The van der Waals surface area contributed by atoms with Crippen LogP contribution in [-0.2, 0) is 6.54 Å². The van der Waals surface area contributed by atoms with Gasteiger partial charge in [-0.15, -0.1) is 11.3 Å². The number of thiazole rings is 1. The molecular weight excluding hydrogens is 284 g/mol. The van der Waals surface area contributed by atoms with Gasteiger partial charge in [-0.1, -0.05) is 0 Å². The van der Waals surface area contributed by atoms with E-state index < -0.39 is 0 Å². The van der Waals surface area contributed by atoms with Crippen molar-refractivity contribution in [2.24, 2.45) is 0 Å². The maximum atomic E-state index is 5.87. The Bertz CT molecular complexity index is 579. The Morgan fingerprint density at radius 3 is 2.71 bits per heavy atom. The smallest absolute Gasteiger partial charge is 0.232 e. The van der Waals surface area contributed by atoms with Crippen LogP contribution in [0.1, 0.15) is 28.4 Å². The number of aryl methyl sites for hydroxylation is 2. The molecular formula is C15H20N4OS. The van der Waals surface area contributed by atoms with Crippen molar-refractivity contribution in [3.8, 4) is 5.88 Å². The molecule has 1 fully saturated rings. The molecule has 1 saturated heterocycles. The summed E-state index contributed by atoms with van der Waals surface area (Å²) in [5.74, 6) is 0.630. The fraction of sp³-hybridized carbons (Fsp3) is 0.533. The van der Waals surface area contributed by atoms with Gasteiger partial charge in [-0.3, -0.25) is 9.88 Å². The van der Waals surface area contributed by atoms with Gasteiger partial charge in [0.25, 0.3) is 0 Å². The van der Waals surface area contributed by atoms with Crippen LogP contribution < -0.4 is 4.74 Å². The van der Waals surface area contributed by atoms with Crippen LogP contribution in [0.3, 0.4) is 0 Å². The molecule has 0 radical (unpaired) electrons. The van der Waals surface area contributed by atoms with Crippen molar-refractivity contribution in [1.29, 1.82) is 0 Å². The summed E-state index contributed by atoms with van der Waals surface area (Å²) in [6.07, 6.45) is 7.33. The zero-order chi connectivity index (χ0) is 14.7. The van der Waals surface area contributed by atoms with Crippen molar-refractivity contribution in [2.75, 3.05) is 13.1 Å². The van der Waals surface area contributed by atoms with Crippen molar-refractivity contribution in [2.45, 2.75) is 39.3 Å². The van der Waals surface area contributed by atoms with Gasteiger partial charge in [0.1, 0.15) is 6.10 Å². The van der Waals surface area contributed by atoms with Crippen molar-refractivity contribution >= 4 is 11.3 Å². The van der Waals surface area contributed by atoms with Crippen molar-refractivity contribution in [3.05, 3.63) is 34.2 Å². The fourth-order valence-corrected chi connectivity index (χ4v) is 3.61. The van der Waals surface area contributed by atoms with Crippen LogP contribution in [0.15, 0.2) is 18.6 Å². The highest BCUT2D eigenvalue weighted by Gasteiger charge is 2.22. The summed E-state index contributed by atoms with van der Waals surface area (Å²) < 4.78 is 5.87. The molecule has 21 heavy (non-hydrogen) atoms. The van der Waals surface area contributed by atoms with Gasteiger partial charge in [-0.25, -0.2) is 9.97 Å². The average molecular weight is 304 g/mol. The molecule has 3 heterocycles. The highest BCUT2D eigenvalue weighted by molar-refractivity contribution is 7.11. The summed E-state index contributed by atoms with van der Waals surface area (Å²) in [5.41, 5.74) is 1.18. The molecule has 0 aromatic carbocycles. The zero-order valence-electron chi connectivity index (χ0n) is 12.5. The number of likely N-dealkylation sites (tertiary alicyclic amines) is 1. The molecule has 1 aliphatic heterocycles. The molecule has 0 amide bonds. The summed E-state index contributed by atoms with van der Waals surface area (Å²) in [6.45, 7) is 7.29. The molecule has 0 unspecified atom stereocenters. The number of hydrogen-bond acceptors (Lipinski definition) is 6. The Morgan fingerprint density at radius 1 is 1.29 bits per heavy atom. The lowest BCUT2D eigenvalue weighted by atomic mass is 10.1. The van der Waals surface area contributed by atoms with Gasteiger partial charge in [0.2, 0.25) is 5.88 Å². The van der Waals surface area contributed by atoms with E-state index in [2.05, 4.69) is 33.7 Å². The number of ether oxygens (including phenoxy) is 1. The molecule has 5 nitrogen and oxygen atoms in total. The van der Waals surface area contributed by atoms with Crippen LogP contribution in [0.4, 0.5) is 0 Å². The molecule has 0 spiro atoms. The number of rotatable bonds is 4. The molecule has 2 aromatic heterocycles. The first-order chi connectivity index (χ1) is 10.2. The topological polar surface area (TPSA) is 51.1 Å². The molecule has 112 valence electrons. The molecule has 3 rings (SSSR count). The van der Waals surface area contributed by atoms with Crippen LogP contribution in [0.2, 0.25) is 0 Å². The third-order valence-corrected chi connectivity index (χ3v) is 4.79. The Hall–Kier alpha value is -1.53. The van der Waals surface area contributed by atoms with E-state index in [0.717, 1.165) is 37.5 Å². The minimum absolute atomic E-state index is 0.252. The van der Waals surface area contributed by atoms with Crippen molar-refractivity contribution in [3.63, 3.8) is 0 Å². The van der Waals surface area contributed by atoms with E-state index in [-0.39, 0.29) is 6.10 Å². The molecule has 0 N–H and O–H groups in total. The Balaban J connectivity index is 1.50. The van der Waals surface area contributed by atoms with E-state index in [1.807, 2.05) is 11.3 Å². The van der Waals surface area contributed by atoms with Gasteiger partial charge in [-0.2, -0.15) is 0 Å². The van der Waals surface area contributed by atoms with Gasteiger partial charge in [0.05, 0.1) is 16.9 Å². The molecule has 0 aliphatic carbocycles.